The third kappa shape index (κ3) is 13.9. The molecule has 1 aliphatic rings. The van der Waals surface area contributed by atoms with Gasteiger partial charge in [-0.3, -0.25) is 19.6 Å². The van der Waals surface area contributed by atoms with Crippen molar-refractivity contribution in [1.29, 1.82) is 0 Å². The molecule has 0 bridgehead atoms. The van der Waals surface area contributed by atoms with E-state index in [9.17, 15) is 36.7 Å². The fourth-order valence-corrected chi connectivity index (χ4v) is 5.76. The first-order valence-corrected chi connectivity index (χ1v) is 20.7. The summed E-state index contributed by atoms with van der Waals surface area (Å²) in [4.78, 5) is 36.4. The van der Waals surface area contributed by atoms with Gasteiger partial charge < -0.3 is 10.2 Å². The second-order valence-electron chi connectivity index (χ2n) is 12.1. The molecule has 6 nitrogen and oxygen atoms in total. The van der Waals surface area contributed by atoms with Gasteiger partial charge in [0.1, 0.15) is 11.5 Å². The molecule has 14 heteroatoms. The number of aliphatic hydroxyl groups excluding tert-OH is 2. The number of aliphatic imine (C=N–C) groups is 2. The normalized spacial score (nSPS) is 19.3. The molecule has 1 aliphatic carbocycles. The van der Waals surface area contributed by atoms with Gasteiger partial charge in [0, 0.05) is 40.3 Å². The Morgan fingerprint density at radius 1 is 0.646 bits per heavy atom. The number of hydrogen-bond donors (Lipinski definition) is 2. The Labute approximate surface area is 290 Å². The number of nitrogens with zero attached hydrogens (tertiary/aromatic N) is 2. The van der Waals surface area contributed by atoms with Gasteiger partial charge in [-0.2, -0.15) is 0 Å². The number of hydrogen-bond acceptors (Lipinski definition) is 6. The van der Waals surface area contributed by atoms with Crippen LogP contribution in [0.3, 0.4) is 0 Å². The maximum atomic E-state index is 13.5. The van der Waals surface area contributed by atoms with E-state index in [0.29, 0.717) is 11.1 Å². The van der Waals surface area contributed by atoms with Crippen LogP contribution in [0.25, 0.3) is 0 Å². The van der Waals surface area contributed by atoms with Gasteiger partial charge in [-0.05, 0) is 90.5 Å². The first-order chi connectivity index (χ1) is 21.3. The minimum atomic E-state index is -11.2. The monoisotopic (exact) mass is 836 g/mol. The molecule has 2 aromatic carbocycles. The molecule has 0 amide bonds. The van der Waals surface area contributed by atoms with Crippen molar-refractivity contribution in [3.63, 3.8) is 0 Å². The number of Topliss-reactive ketones (excluding diaryl/α,β-unsaturated/α-hetero) is 2. The molecule has 0 unspecified atom stereocenters. The van der Waals surface area contributed by atoms with Gasteiger partial charge in [0.2, 0.25) is 0 Å². The maximum absolute atomic E-state index is 13.5. The molecule has 1 saturated carbocycles. The molecule has 2 aromatic rings. The van der Waals surface area contributed by atoms with Gasteiger partial charge >= 0.3 is 36.4 Å². The Hall–Kier alpha value is -2.90. The Morgan fingerprint density at radius 3 is 1.12 bits per heavy atom. The third-order valence-corrected chi connectivity index (χ3v) is 7.56. The number of carbonyl (C=O) groups is 2. The standard InChI is InChI=1S/C34H42N2O4.Co.6FH.Sb/c1-19-13-21(3)31(22(4)14-19)33(39)27(25(7)37)17-35-29-11-9-10-12-30(29)36-18-28(26(8)38)34(40)32-23(5)15-20(2)16-24(32)6;;;;;;;;/h13-18,29-30,37-38H,9-12H2,1-8H3;;6*1H;/q;;;;;;;;+5/p-6/b27-25+,28-26+,35-17?,36-18?;;;;;;;;/t29-,30-;;;;;;;;/m1......../s1. The second kappa shape index (κ2) is 15.8. The zero-order valence-electron chi connectivity index (χ0n) is 28.1. The predicted octanol–water partition coefficient (Wildman–Crippen LogP) is 9.86. The number of carbonyl (C=O) groups excluding carboxylic acids is 2. The van der Waals surface area contributed by atoms with Crippen LogP contribution in [0.4, 0.5) is 16.9 Å². The number of ketones is 2. The topological polar surface area (TPSA) is 99.3 Å². The van der Waals surface area contributed by atoms with Crippen LogP contribution in [0.2, 0.25) is 0 Å². The van der Waals surface area contributed by atoms with E-state index in [1.807, 2.05) is 65.8 Å². The molecule has 48 heavy (non-hydrogen) atoms. The Balaban J connectivity index is 0.00000130. The number of halogens is 6. The zero-order chi connectivity index (χ0) is 36.1. The number of benzene rings is 2. The Morgan fingerprint density at radius 2 is 0.896 bits per heavy atom. The molecule has 0 spiro atoms. The van der Waals surface area contributed by atoms with Crippen molar-refractivity contribution in [2.45, 2.75) is 93.2 Å². The van der Waals surface area contributed by atoms with E-state index < -0.39 is 19.5 Å². The van der Waals surface area contributed by atoms with Crippen molar-refractivity contribution >= 4 is 43.5 Å². The molecule has 3 rings (SSSR count). The summed E-state index contributed by atoms with van der Waals surface area (Å²) in [6.45, 7) is 14.6. The van der Waals surface area contributed by atoms with Gasteiger partial charge in [-0.25, -0.2) is 0 Å². The van der Waals surface area contributed by atoms with Crippen molar-refractivity contribution < 1.29 is 53.5 Å². The molecule has 2 atom stereocenters. The molecular formula is C34H42CoF6N2O4Sb-. The van der Waals surface area contributed by atoms with Crippen molar-refractivity contribution in [1.82, 2.24) is 0 Å². The second-order valence-corrected chi connectivity index (χ2v) is 17.6. The van der Waals surface area contributed by atoms with Crippen LogP contribution in [0.15, 0.2) is 56.9 Å². The molecule has 1 fully saturated rings. The fourth-order valence-electron chi connectivity index (χ4n) is 5.76. The number of aliphatic hydroxyl groups is 2. The summed E-state index contributed by atoms with van der Waals surface area (Å²) in [6, 6.07) is 7.41. The van der Waals surface area contributed by atoms with Crippen LogP contribution in [0.1, 0.15) is 93.6 Å². The molecule has 0 saturated heterocycles. The van der Waals surface area contributed by atoms with Crippen LogP contribution in [0, 0.1) is 41.5 Å². The van der Waals surface area contributed by atoms with E-state index in [1.165, 1.54) is 26.3 Å². The zero-order valence-corrected chi connectivity index (χ0v) is 31.7. The van der Waals surface area contributed by atoms with Gasteiger partial charge in [-0.15, -0.1) is 0 Å². The Kier molecular flexibility index (Phi) is 14.2. The van der Waals surface area contributed by atoms with Crippen LogP contribution in [-0.2, 0) is 16.8 Å². The van der Waals surface area contributed by atoms with Crippen LogP contribution >= 0.6 is 0 Å². The predicted molar refractivity (Wildman–Crippen MR) is 176 cm³/mol. The van der Waals surface area contributed by atoms with Gasteiger partial charge in [0.15, 0.2) is 11.6 Å². The quantitative estimate of drug-likeness (QED) is 0.0691. The Bertz CT molecular complexity index is 1510. The van der Waals surface area contributed by atoms with Crippen molar-refractivity contribution in [3.8, 4) is 0 Å². The van der Waals surface area contributed by atoms with Crippen LogP contribution in [0.5, 0.6) is 0 Å². The molecule has 0 aliphatic heterocycles. The van der Waals surface area contributed by atoms with E-state index in [0.717, 1.165) is 59.1 Å². The summed E-state index contributed by atoms with van der Waals surface area (Å²) in [6.07, 6.45) is 6.44. The summed E-state index contributed by atoms with van der Waals surface area (Å²) in [5.41, 5.74) is 7.06. The molecule has 1 radical (unpaired) electrons. The average Bonchev–Trinajstić information content (AvgIpc) is 2.86. The molecule has 2 N–H and O–H groups in total. The number of allylic oxidation sites excluding steroid dienone is 4. The van der Waals surface area contributed by atoms with Gasteiger partial charge in [-0.1, -0.05) is 48.2 Å². The van der Waals surface area contributed by atoms with Gasteiger partial charge in [0.05, 0.1) is 23.2 Å². The van der Waals surface area contributed by atoms with E-state index >= 15 is 0 Å². The average molecular weight is 837 g/mol. The van der Waals surface area contributed by atoms with Crippen molar-refractivity contribution in [3.05, 3.63) is 91.4 Å². The number of rotatable bonds is 8. The van der Waals surface area contributed by atoms with Crippen molar-refractivity contribution in [2.75, 3.05) is 0 Å². The summed E-state index contributed by atoms with van der Waals surface area (Å²) in [7, 11) is 0. The SMILES string of the molecule is C/C(O)=C(/C=N[C@@H]1CCCC[C@H]1N=C/C(C(=O)c1c(C)cc(C)cc1C)=C(/C)O)C(=O)c1c(C)cc(C)cc1C.[Co].[F][Sb-]([F])([F])([F])([F])[F]. The van der Waals surface area contributed by atoms with E-state index in [1.54, 1.807) is 0 Å². The summed E-state index contributed by atoms with van der Waals surface area (Å²) in [5.74, 6) is -0.686. The minimum absolute atomic E-state index is 0. The van der Waals surface area contributed by atoms with Crippen LogP contribution in [-0.4, -0.2) is 65.8 Å². The van der Waals surface area contributed by atoms with Crippen LogP contribution < -0.4 is 0 Å². The first kappa shape index (κ1) is 43.1. The van der Waals surface area contributed by atoms with Gasteiger partial charge in [0.25, 0.3) is 0 Å². The van der Waals surface area contributed by atoms with E-state index in [-0.39, 0.29) is 63.1 Å². The van der Waals surface area contributed by atoms with E-state index in [2.05, 4.69) is 0 Å². The molecule has 0 heterocycles. The summed E-state index contributed by atoms with van der Waals surface area (Å²) >= 11 is -11.2. The third-order valence-electron chi connectivity index (χ3n) is 7.56. The molecule has 269 valence electrons. The summed E-state index contributed by atoms with van der Waals surface area (Å²) < 4.78 is 59.6. The molecular weight excluding hydrogens is 795 g/mol. The molecule has 0 aromatic heterocycles. The summed E-state index contributed by atoms with van der Waals surface area (Å²) in [5, 5.41) is 20.8. The number of aryl methyl sites for hydroxylation is 6. The van der Waals surface area contributed by atoms with E-state index in [4.69, 9.17) is 9.98 Å². The first-order valence-electron chi connectivity index (χ1n) is 14.9. The van der Waals surface area contributed by atoms with Crippen molar-refractivity contribution in [2.24, 2.45) is 9.98 Å². The fraction of sp³-hybridized carbons (Fsp3) is 0.412.